The van der Waals surface area contributed by atoms with Gasteiger partial charge in [-0.3, -0.25) is 0 Å². The third-order valence-electron chi connectivity index (χ3n) is 9.49. The zero-order valence-corrected chi connectivity index (χ0v) is 26.7. The third-order valence-corrected chi connectivity index (χ3v) is 9.49. The van der Waals surface area contributed by atoms with Crippen LogP contribution in [0.5, 0.6) is 17.2 Å². The molecule has 0 atom stereocenters. The van der Waals surface area contributed by atoms with Crippen LogP contribution in [0.2, 0.25) is 0 Å². The summed E-state index contributed by atoms with van der Waals surface area (Å²) in [5.74, 6) is -2.00. The van der Waals surface area contributed by atoms with E-state index in [1.165, 1.54) is 0 Å². The minimum absolute atomic E-state index is 0.249. The zero-order chi connectivity index (χ0) is 57.7. The molecule has 6 heteroatoms. The lowest BCUT2D eigenvalue weighted by molar-refractivity contribution is 0.479. The Labute approximate surface area is 344 Å². The molecule has 13 rings (SSSR count). The molecule has 0 bridgehead atoms. The molecule has 0 aliphatic carbocycles. The second-order valence-electron chi connectivity index (χ2n) is 12.3. The predicted molar refractivity (Wildman–Crippen MR) is 218 cm³/mol. The lowest BCUT2D eigenvalue weighted by Crippen LogP contribution is -2.53. The van der Waals surface area contributed by atoms with Crippen molar-refractivity contribution in [3.63, 3.8) is 0 Å². The van der Waals surface area contributed by atoms with Crippen LogP contribution in [0.1, 0.15) is 35.6 Å². The molecule has 0 unspecified atom stereocenters. The van der Waals surface area contributed by atoms with Gasteiger partial charge in [-0.25, -0.2) is 0 Å². The molecule has 0 saturated carbocycles. The highest BCUT2D eigenvalue weighted by atomic mass is 16.5. The van der Waals surface area contributed by atoms with Crippen molar-refractivity contribution in [2.24, 2.45) is 0 Å². The Balaban J connectivity index is 1.13. The molecule has 0 N–H and O–H groups in total. The number of benzene rings is 8. The van der Waals surface area contributed by atoms with Crippen LogP contribution in [0.3, 0.4) is 0 Å². The molecule has 2 aliphatic rings. The summed E-state index contributed by atoms with van der Waals surface area (Å²) in [6.07, 6.45) is 0. The molecule has 5 heterocycles. The van der Waals surface area contributed by atoms with E-state index in [0.717, 1.165) is 4.57 Å². The van der Waals surface area contributed by atoms with Gasteiger partial charge in [-0.1, -0.05) is 90.6 Å². The number of fused-ring (bicyclic) bond motifs is 14. The Morgan fingerprint density at radius 3 is 2.07 bits per heavy atom. The number of nitrogens with zero attached hydrogens (tertiary/aromatic N) is 1. The SMILES string of the molecule is [2H]c1c([2H])c([2H])c2c(c1[2H])OB1c3c([2H])c(-c4c([2H])c([2H])c5c(oc6c([2H])c([2H])c7c(oc8c([2H])c([2H])c([2H])c([2H])c87)c65)c4[2H])c([2H])c([2H])c3Oc3c([2H])c(-n4c5c([2H])c([2H])c([2H])c([2H])c5c5c([2H])c([2H])c([2H])c([2H])c54)c([2H])c-2c31. The molecule has 8 aromatic carbocycles. The van der Waals surface area contributed by atoms with E-state index < -0.39 is 253 Å². The van der Waals surface area contributed by atoms with Crippen molar-refractivity contribution in [1.29, 1.82) is 0 Å². The monoisotopic (exact) mass is 717 g/mol. The summed E-state index contributed by atoms with van der Waals surface area (Å²) >= 11 is 0. The van der Waals surface area contributed by atoms with E-state index in [2.05, 4.69) is 0 Å². The van der Waals surface area contributed by atoms with Gasteiger partial charge in [0.15, 0.2) is 0 Å². The van der Waals surface area contributed by atoms with Crippen molar-refractivity contribution in [1.82, 2.24) is 4.57 Å². The molecule has 0 spiro atoms. The van der Waals surface area contributed by atoms with E-state index in [9.17, 15) is 12.3 Å². The van der Waals surface area contributed by atoms with Crippen molar-refractivity contribution in [3.05, 3.63) is 157 Å². The maximum atomic E-state index is 10.0. The van der Waals surface area contributed by atoms with E-state index in [4.69, 9.17) is 41.5 Å². The maximum absolute atomic E-state index is 10.0. The molecular formula is C48H26BNO4. The van der Waals surface area contributed by atoms with Crippen LogP contribution < -0.4 is 20.3 Å². The molecule has 2 aliphatic heterocycles. The minimum Gasteiger partial charge on any atom is -0.551 e. The van der Waals surface area contributed by atoms with Crippen molar-refractivity contribution in [3.8, 4) is 45.2 Å². The Morgan fingerprint density at radius 2 is 1.20 bits per heavy atom. The molecule has 11 aromatic rings. The van der Waals surface area contributed by atoms with Gasteiger partial charge < -0.3 is 22.8 Å². The number of hydrogen-bond acceptors (Lipinski definition) is 4. The second-order valence-corrected chi connectivity index (χ2v) is 12.3. The fourth-order valence-electron chi connectivity index (χ4n) is 7.21. The number of ether oxygens (including phenoxy) is 1. The first-order valence-corrected chi connectivity index (χ1v) is 16.2. The minimum atomic E-state index is -1.92. The van der Waals surface area contributed by atoms with Gasteiger partial charge in [0.25, 0.3) is 0 Å². The number of hydrogen-bond donors (Lipinski definition) is 0. The molecule has 0 radical (unpaired) electrons. The molecule has 5 nitrogen and oxygen atoms in total. The van der Waals surface area contributed by atoms with Gasteiger partial charge in [-0.15, -0.1) is 0 Å². The van der Waals surface area contributed by atoms with Crippen molar-refractivity contribution in [2.75, 3.05) is 0 Å². The first-order chi connectivity index (χ1) is 37.6. The van der Waals surface area contributed by atoms with Gasteiger partial charge in [-0.2, -0.15) is 0 Å². The molecular weight excluding hydrogens is 665 g/mol. The fraction of sp³-hybridized carbons (Fsp3) is 0. The van der Waals surface area contributed by atoms with Crippen LogP contribution in [-0.4, -0.2) is 11.5 Å². The molecule has 250 valence electrons. The summed E-state index contributed by atoms with van der Waals surface area (Å²) < 4.78 is 260. The van der Waals surface area contributed by atoms with Crippen LogP contribution in [0, 0.1) is 0 Å². The van der Waals surface area contributed by atoms with Crippen LogP contribution in [-0.2, 0) is 0 Å². The zero-order valence-electron chi connectivity index (χ0n) is 52.7. The highest BCUT2D eigenvalue weighted by Gasteiger charge is 2.41. The molecule has 54 heavy (non-hydrogen) atoms. The summed E-state index contributed by atoms with van der Waals surface area (Å²) in [5, 5.41) is -1.98. The summed E-state index contributed by atoms with van der Waals surface area (Å²) in [5.41, 5.74) is -6.74. The molecule has 0 saturated heterocycles. The molecule has 0 fully saturated rings. The van der Waals surface area contributed by atoms with Crippen molar-refractivity contribution >= 4 is 83.5 Å². The fourth-order valence-corrected chi connectivity index (χ4v) is 7.21. The van der Waals surface area contributed by atoms with Crippen LogP contribution in [0.4, 0.5) is 0 Å². The average molecular weight is 718 g/mol. The summed E-state index contributed by atoms with van der Waals surface area (Å²) in [6.45, 7) is -1.92. The van der Waals surface area contributed by atoms with Gasteiger partial charge in [0, 0.05) is 49.5 Å². The number of furan rings is 2. The smallest absolute Gasteiger partial charge is 0.434 e. The number of para-hydroxylation sites is 4. The van der Waals surface area contributed by atoms with E-state index >= 15 is 0 Å². The van der Waals surface area contributed by atoms with Crippen molar-refractivity contribution < 1.29 is 53.9 Å². The predicted octanol–water partition coefficient (Wildman–Crippen LogP) is 11.5. The second kappa shape index (κ2) is 10.2. The van der Waals surface area contributed by atoms with Crippen LogP contribution in [0.25, 0.3) is 93.6 Å². The van der Waals surface area contributed by atoms with Gasteiger partial charge in [-0.05, 0) is 77.1 Å². The standard InChI is InChI=1S/C48H26BNO4/c1-5-13-38-30(9-1)31-10-2-6-14-39(31)50(38)29-25-36-33-12-4-8-16-41(33)54-49-37-23-27(18-21-42(37)51-45(26-29)47(36)49)28-17-19-35-44(24-28)52-43-22-20-34-32-11-3-7-15-40(32)53-48(34)46(35)43/h1-26H/i1D,2D,3D,4D,5D,6D,7D,8D,9D,10D,11D,12D,13D,14D,15D,16D,17D,18D,19D,20D,21D,22D,23D,24D,25D,26D. The van der Waals surface area contributed by atoms with Crippen LogP contribution in [0.15, 0.2) is 166 Å². The number of aromatic nitrogens is 1. The Hall–Kier alpha value is -7.18. The third kappa shape index (κ3) is 3.73. The Kier molecular flexibility index (Phi) is 2.59. The summed E-state index contributed by atoms with van der Waals surface area (Å²) in [6, 6.07) is -20.3. The van der Waals surface area contributed by atoms with Gasteiger partial charge >= 0.3 is 6.92 Å². The van der Waals surface area contributed by atoms with Gasteiger partial charge in [0.2, 0.25) is 0 Å². The van der Waals surface area contributed by atoms with E-state index in [1.54, 1.807) is 0 Å². The average Bonchev–Trinajstić information content (AvgIpc) is 4.22. The lowest BCUT2D eigenvalue weighted by atomic mass is 9.50. The quantitative estimate of drug-likeness (QED) is 0.167. The highest BCUT2D eigenvalue weighted by molar-refractivity contribution is 6.84. The molecule has 0 amide bonds. The first-order valence-electron chi connectivity index (χ1n) is 29.2. The largest absolute Gasteiger partial charge is 0.551 e. The summed E-state index contributed by atoms with van der Waals surface area (Å²) in [7, 11) is 0. The van der Waals surface area contributed by atoms with Crippen molar-refractivity contribution in [2.45, 2.75) is 0 Å². The Morgan fingerprint density at radius 1 is 0.481 bits per heavy atom. The highest BCUT2D eigenvalue weighted by Crippen LogP contribution is 2.44. The normalized spacial score (nSPS) is 19.8. The Bertz CT molecular complexity index is 4850. The van der Waals surface area contributed by atoms with E-state index in [-0.39, 0.29) is 32.6 Å². The van der Waals surface area contributed by atoms with Crippen LogP contribution >= 0.6 is 0 Å². The first kappa shape index (κ1) is 13.7. The van der Waals surface area contributed by atoms with Gasteiger partial charge in [0.05, 0.1) is 57.7 Å². The van der Waals surface area contributed by atoms with E-state index in [1.807, 2.05) is 0 Å². The van der Waals surface area contributed by atoms with Gasteiger partial charge in [0.1, 0.15) is 39.6 Å². The number of rotatable bonds is 2. The topological polar surface area (TPSA) is 49.7 Å². The summed E-state index contributed by atoms with van der Waals surface area (Å²) in [4.78, 5) is 0. The lowest BCUT2D eigenvalue weighted by Gasteiger charge is -2.33. The molecule has 3 aromatic heterocycles. The maximum Gasteiger partial charge on any atom is 0.434 e. The van der Waals surface area contributed by atoms with E-state index in [0.29, 0.717) is 0 Å².